The van der Waals surface area contributed by atoms with Gasteiger partial charge in [-0.3, -0.25) is 0 Å². The third-order valence-electron chi connectivity index (χ3n) is 5.22. The molecule has 0 radical (unpaired) electrons. The van der Waals surface area contributed by atoms with Crippen molar-refractivity contribution in [2.75, 3.05) is 6.54 Å². The van der Waals surface area contributed by atoms with Gasteiger partial charge in [0.2, 0.25) is 0 Å². The summed E-state index contributed by atoms with van der Waals surface area (Å²) in [6, 6.07) is 0.759. The molecule has 0 aromatic carbocycles. The average Bonchev–Trinajstić information content (AvgIpc) is 2.39. The maximum Gasteiger partial charge on any atom is 0.00671 e. The van der Waals surface area contributed by atoms with Crippen LogP contribution in [0.3, 0.4) is 0 Å². The Labute approximate surface area is 108 Å². The van der Waals surface area contributed by atoms with Crippen molar-refractivity contribution in [1.82, 2.24) is 5.32 Å². The van der Waals surface area contributed by atoms with E-state index >= 15 is 0 Å². The van der Waals surface area contributed by atoms with E-state index in [2.05, 4.69) is 19.2 Å². The van der Waals surface area contributed by atoms with Crippen LogP contribution in [-0.4, -0.2) is 12.6 Å². The zero-order valence-electron chi connectivity index (χ0n) is 11.9. The Balaban J connectivity index is 1.63. The fraction of sp³-hybridized carbons (Fsp3) is 1.00. The van der Waals surface area contributed by atoms with E-state index in [-0.39, 0.29) is 0 Å². The summed E-state index contributed by atoms with van der Waals surface area (Å²) in [6.07, 6.45) is 13.2. The lowest BCUT2D eigenvalue weighted by molar-refractivity contribution is 0.240. The zero-order valence-corrected chi connectivity index (χ0v) is 11.9. The number of nitrogens with one attached hydrogen (secondary N) is 1. The lowest BCUT2D eigenvalue weighted by Gasteiger charge is -2.31. The Hall–Kier alpha value is -0.0400. The fourth-order valence-corrected chi connectivity index (χ4v) is 3.69. The molecule has 0 aromatic heterocycles. The molecule has 1 N–H and O–H groups in total. The molecule has 0 aliphatic heterocycles. The van der Waals surface area contributed by atoms with Crippen molar-refractivity contribution in [2.24, 2.45) is 17.8 Å². The standard InChI is InChI=1S/C16H31N/c1-13-8-10-15(11-9-13)12-17-14(2)16-6-4-3-5-7-16/h13-17H,3-12H2,1-2H3. The molecule has 2 aliphatic rings. The summed E-state index contributed by atoms with van der Waals surface area (Å²) in [6.45, 7) is 6.11. The van der Waals surface area contributed by atoms with Crippen LogP contribution in [0, 0.1) is 17.8 Å². The van der Waals surface area contributed by atoms with E-state index in [0.29, 0.717) is 0 Å². The van der Waals surface area contributed by atoms with Gasteiger partial charge in [-0.15, -0.1) is 0 Å². The summed E-state index contributed by atoms with van der Waals surface area (Å²) in [7, 11) is 0. The molecule has 1 unspecified atom stereocenters. The monoisotopic (exact) mass is 237 g/mol. The highest BCUT2D eigenvalue weighted by atomic mass is 14.9. The maximum absolute atomic E-state index is 3.84. The van der Waals surface area contributed by atoms with Gasteiger partial charge >= 0.3 is 0 Å². The molecular weight excluding hydrogens is 206 g/mol. The van der Waals surface area contributed by atoms with Crippen molar-refractivity contribution in [2.45, 2.75) is 77.7 Å². The molecule has 1 heteroatoms. The first-order valence-corrected chi connectivity index (χ1v) is 7.99. The van der Waals surface area contributed by atoms with Gasteiger partial charge in [0.25, 0.3) is 0 Å². The quantitative estimate of drug-likeness (QED) is 0.765. The normalized spacial score (nSPS) is 33.5. The van der Waals surface area contributed by atoms with Crippen molar-refractivity contribution in [1.29, 1.82) is 0 Å². The molecule has 0 bridgehead atoms. The van der Waals surface area contributed by atoms with Gasteiger partial charge in [0.15, 0.2) is 0 Å². The molecule has 0 aromatic rings. The summed E-state index contributed by atoms with van der Waals surface area (Å²) >= 11 is 0. The van der Waals surface area contributed by atoms with Crippen LogP contribution in [0.5, 0.6) is 0 Å². The van der Waals surface area contributed by atoms with Gasteiger partial charge < -0.3 is 5.32 Å². The third kappa shape index (κ3) is 4.28. The van der Waals surface area contributed by atoms with E-state index in [9.17, 15) is 0 Å². The van der Waals surface area contributed by atoms with Crippen molar-refractivity contribution in [3.8, 4) is 0 Å². The SMILES string of the molecule is CC1CCC(CNC(C)C2CCCCC2)CC1. The van der Waals surface area contributed by atoms with Crippen LogP contribution in [0.1, 0.15) is 71.6 Å². The summed E-state index contributed by atoms with van der Waals surface area (Å²) in [4.78, 5) is 0. The fourth-order valence-electron chi connectivity index (χ4n) is 3.69. The van der Waals surface area contributed by atoms with Crippen LogP contribution in [0.2, 0.25) is 0 Å². The molecule has 100 valence electrons. The van der Waals surface area contributed by atoms with E-state index in [4.69, 9.17) is 0 Å². The van der Waals surface area contributed by atoms with Crippen LogP contribution in [0.4, 0.5) is 0 Å². The van der Waals surface area contributed by atoms with Crippen LogP contribution in [-0.2, 0) is 0 Å². The van der Waals surface area contributed by atoms with Gasteiger partial charge in [0.05, 0.1) is 0 Å². The Morgan fingerprint density at radius 1 is 0.941 bits per heavy atom. The zero-order chi connectivity index (χ0) is 12.1. The lowest BCUT2D eigenvalue weighted by atomic mass is 9.82. The van der Waals surface area contributed by atoms with Crippen LogP contribution < -0.4 is 5.32 Å². The van der Waals surface area contributed by atoms with E-state index < -0.39 is 0 Å². The lowest BCUT2D eigenvalue weighted by Crippen LogP contribution is -2.38. The highest BCUT2D eigenvalue weighted by Gasteiger charge is 2.22. The molecule has 1 atom stereocenters. The second kappa shape index (κ2) is 6.78. The topological polar surface area (TPSA) is 12.0 Å². The average molecular weight is 237 g/mol. The van der Waals surface area contributed by atoms with E-state index in [1.54, 1.807) is 0 Å². The summed E-state index contributed by atoms with van der Waals surface area (Å²) in [5, 5.41) is 3.84. The second-order valence-corrected chi connectivity index (χ2v) is 6.72. The maximum atomic E-state index is 3.84. The minimum absolute atomic E-state index is 0.759. The number of hydrogen-bond donors (Lipinski definition) is 1. The van der Waals surface area contributed by atoms with Crippen molar-refractivity contribution >= 4 is 0 Å². The number of hydrogen-bond acceptors (Lipinski definition) is 1. The van der Waals surface area contributed by atoms with Gasteiger partial charge in [-0.1, -0.05) is 39.0 Å². The molecular formula is C16H31N. The van der Waals surface area contributed by atoms with Gasteiger partial charge in [-0.2, -0.15) is 0 Å². The minimum atomic E-state index is 0.759. The first kappa shape index (κ1) is 13.4. The Kier molecular flexibility index (Phi) is 5.34. The van der Waals surface area contributed by atoms with Gasteiger partial charge in [0.1, 0.15) is 0 Å². The van der Waals surface area contributed by atoms with Gasteiger partial charge in [0, 0.05) is 6.04 Å². The molecule has 2 rings (SSSR count). The van der Waals surface area contributed by atoms with E-state index in [1.807, 2.05) is 0 Å². The van der Waals surface area contributed by atoms with Crippen LogP contribution >= 0.6 is 0 Å². The molecule has 0 saturated heterocycles. The molecule has 2 saturated carbocycles. The molecule has 17 heavy (non-hydrogen) atoms. The Morgan fingerprint density at radius 2 is 1.59 bits per heavy atom. The molecule has 2 fully saturated rings. The second-order valence-electron chi connectivity index (χ2n) is 6.72. The minimum Gasteiger partial charge on any atom is -0.314 e. The largest absolute Gasteiger partial charge is 0.314 e. The molecule has 1 nitrogen and oxygen atoms in total. The highest BCUT2D eigenvalue weighted by Crippen LogP contribution is 2.29. The van der Waals surface area contributed by atoms with Crippen LogP contribution in [0.15, 0.2) is 0 Å². The van der Waals surface area contributed by atoms with E-state index in [1.165, 1.54) is 64.3 Å². The predicted molar refractivity (Wildman–Crippen MR) is 75.2 cm³/mol. The Morgan fingerprint density at radius 3 is 2.24 bits per heavy atom. The molecule has 0 heterocycles. The van der Waals surface area contributed by atoms with Crippen molar-refractivity contribution in [3.63, 3.8) is 0 Å². The summed E-state index contributed by atoms with van der Waals surface area (Å²) in [5.74, 6) is 2.92. The first-order chi connectivity index (χ1) is 8.25. The van der Waals surface area contributed by atoms with Crippen LogP contribution in [0.25, 0.3) is 0 Å². The van der Waals surface area contributed by atoms with Gasteiger partial charge in [-0.25, -0.2) is 0 Å². The third-order valence-corrected chi connectivity index (χ3v) is 5.22. The summed E-state index contributed by atoms with van der Waals surface area (Å²) < 4.78 is 0. The van der Waals surface area contributed by atoms with Crippen molar-refractivity contribution in [3.05, 3.63) is 0 Å². The van der Waals surface area contributed by atoms with Gasteiger partial charge in [-0.05, 0) is 56.9 Å². The number of rotatable bonds is 4. The smallest absolute Gasteiger partial charge is 0.00671 e. The summed E-state index contributed by atoms with van der Waals surface area (Å²) in [5.41, 5.74) is 0. The molecule has 2 aliphatic carbocycles. The molecule has 0 spiro atoms. The Bertz CT molecular complexity index is 200. The van der Waals surface area contributed by atoms with E-state index in [0.717, 1.165) is 23.8 Å². The van der Waals surface area contributed by atoms with Crippen molar-refractivity contribution < 1.29 is 0 Å². The first-order valence-electron chi connectivity index (χ1n) is 7.99. The molecule has 0 amide bonds. The highest BCUT2D eigenvalue weighted by molar-refractivity contribution is 4.78. The predicted octanol–water partition coefficient (Wildman–Crippen LogP) is 4.37.